The Kier molecular flexibility index (Phi) is 6.54. The van der Waals surface area contributed by atoms with Crippen molar-refractivity contribution in [3.05, 3.63) is 58.8 Å². The summed E-state index contributed by atoms with van der Waals surface area (Å²) in [5.41, 5.74) is 1.22. The molecule has 1 aromatic heterocycles. The van der Waals surface area contributed by atoms with Crippen molar-refractivity contribution in [1.82, 2.24) is 14.8 Å². The number of alkyl halides is 4. The molecule has 3 N–H and O–H groups in total. The number of likely N-dealkylation sites (tertiary alicyclic amines) is 1. The summed E-state index contributed by atoms with van der Waals surface area (Å²) >= 11 is 0. The fraction of sp³-hybridized carbons (Fsp3) is 0.440. The molecule has 2 aliphatic heterocycles. The molecule has 0 bridgehead atoms. The SMILES string of the molecule is Oc1ccc2[nH]c3c(c2c1)CCN(CC(F)(F)F)C3c1c(F)cc(NC2CN(CCCF)C2)cc1F. The van der Waals surface area contributed by atoms with Crippen LogP contribution in [0.1, 0.15) is 29.3 Å². The molecule has 5 nitrogen and oxygen atoms in total. The largest absolute Gasteiger partial charge is 0.508 e. The predicted molar refractivity (Wildman–Crippen MR) is 124 cm³/mol. The van der Waals surface area contributed by atoms with Crippen molar-refractivity contribution in [2.45, 2.75) is 31.1 Å². The molecular formula is C25H26F6N4O. The van der Waals surface area contributed by atoms with E-state index in [0.29, 0.717) is 42.5 Å². The number of rotatable bonds is 7. The number of hydrogen-bond donors (Lipinski definition) is 3. The first kappa shape index (κ1) is 24.8. The van der Waals surface area contributed by atoms with Gasteiger partial charge in [-0.15, -0.1) is 0 Å². The van der Waals surface area contributed by atoms with E-state index < -0.39 is 42.6 Å². The van der Waals surface area contributed by atoms with Crippen LogP contribution in [0.2, 0.25) is 0 Å². The summed E-state index contributed by atoms with van der Waals surface area (Å²) in [6.45, 7) is 0.0370. The summed E-state index contributed by atoms with van der Waals surface area (Å²) in [7, 11) is 0. The molecule has 1 saturated heterocycles. The molecule has 194 valence electrons. The molecule has 0 saturated carbocycles. The van der Waals surface area contributed by atoms with Gasteiger partial charge in [0.1, 0.15) is 17.4 Å². The lowest BCUT2D eigenvalue weighted by Gasteiger charge is -2.40. The third-order valence-corrected chi connectivity index (χ3v) is 6.88. The van der Waals surface area contributed by atoms with Crippen LogP contribution in [0, 0.1) is 11.6 Å². The molecule has 3 heterocycles. The third kappa shape index (κ3) is 4.86. The number of phenols is 1. The van der Waals surface area contributed by atoms with Crippen molar-refractivity contribution in [2.75, 3.05) is 44.7 Å². The van der Waals surface area contributed by atoms with Crippen molar-refractivity contribution >= 4 is 16.6 Å². The fourth-order valence-corrected chi connectivity index (χ4v) is 5.35. The maximum Gasteiger partial charge on any atom is 0.401 e. The number of hydrogen-bond acceptors (Lipinski definition) is 4. The van der Waals surface area contributed by atoms with E-state index in [4.69, 9.17) is 0 Å². The minimum absolute atomic E-state index is 0.00869. The van der Waals surface area contributed by atoms with Crippen LogP contribution >= 0.6 is 0 Å². The molecule has 0 aliphatic carbocycles. The summed E-state index contributed by atoms with van der Waals surface area (Å²) in [5, 5.41) is 13.6. The maximum absolute atomic E-state index is 15.4. The Morgan fingerprint density at radius 2 is 1.81 bits per heavy atom. The average molecular weight is 512 g/mol. The zero-order valence-corrected chi connectivity index (χ0v) is 19.3. The highest BCUT2D eigenvalue weighted by molar-refractivity contribution is 5.86. The number of nitrogens with one attached hydrogen (secondary N) is 2. The molecule has 2 aromatic carbocycles. The summed E-state index contributed by atoms with van der Waals surface area (Å²) < 4.78 is 83.5. The van der Waals surface area contributed by atoms with Crippen LogP contribution in [0.3, 0.4) is 0 Å². The van der Waals surface area contributed by atoms with Crippen LogP contribution in [0.15, 0.2) is 30.3 Å². The normalized spacial score (nSPS) is 19.4. The highest BCUT2D eigenvalue weighted by Crippen LogP contribution is 2.42. The second kappa shape index (κ2) is 9.51. The molecule has 0 radical (unpaired) electrons. The van der Waals surface area contributed by atoms with E-state index in [9.17, 15) is 22.7 Å². The van der Waals surface area contributed by atoms with Gasteiger partial charge in [0.25, 0.3) is 0 Å². The first-order chi connectivity index (χ1) is 17.1. The van der Waals surface area contributed by atoms with Crippen molar-refractivity contribution < 1.29 is 31.4 Å². The summed E-state index contributed by atoms with van der Waals surface area (Å²) in [5.74, 6) is -1.90. The Hall–Kier alpha value is -2.92. The molecule has 2 aliphatic rings. The Morgan fingerprint density at radius 1 is 1.08 bits per heavy atom. The number of benzene rings is 2. The number of H-pyrrole nitrogens is 1. The third-order valence-electron chi connectivity index (χ3n) is 6.88. The Labute approximate surface area is 203 Å². The molecule has 1 fully saturated rings. The molecule has 36 heavy (non-hydrogen) atoms. The Balaban J connectivity index is 1.48. The number of aromatic nitrogens is 1. The van der Waals surface area contributed by atoms with Gasteiger partial charge in [-0.1, -0.05) is 0 Å². The van der Waals surface area contributed by atoms with Gasteiger partial charge in [-0.05, 0) is 48.7 Å². The molecule has 0 spiro atoms. The lowest BCUT2D eigenvalue weighted by molar-refractivity contribution is -0.150. The summed E-state index contributed by atoms with van der Waals surface area (Å²) in [6, 6.07) is 5.36. The molecule has 11 heteroatoms. The van der Waals surface area contributed by atoms with Gasteiger partial charge in [-0.2, -0.15) is 13.2 Å². The number of aromatic hydroxyl groups is 1. The first-order valence-electron chi connectivity index (χ1n) is 11.8. The van der Waals surface area contributed by atoms with Crippen molar-refractivity contribution in [2.24, 2.45) is 0 Å². The standard InChI is InChI=1S/C25H26F6N4O/c26-5-1-6-34-11-15(12-34)32-14-8-19(27)22(20(28)9-14)24-23-17(4-7-35(24)13-25(29,30)31)18-10-16(36)2-3-21(18)33-23/h2-3,8-10,15,24,32-33,36H,1,4-7,11-13H2. The van der Waals surface area contributed by atoms with Crippen molar-refractivity contribution in [3.8, 4) is 5.75 Å². The van der Waals surface area contributed by atoms with Crippen LogP contribution in [-0.4, -0.2) is 71.5 Å². The van der Waals surface area contributed by atoms with Gasteiger partial charge in [-0.3, -0.25) is 14.2 Å². The van der Waals surface area contributed by atoms with Gasteiger partial charge in [-0.25, -0.2) is 8.78 Å². The molecular weight excluding hydrogens is 486 g/mol. The van der Waals surface area contributed by atoms with E-state index in [1.807, 2.05) is 4.90 Å². The van der Waals surface area contributed by atoms with E-state index in [0.717, 1.165) is 17.0 Å². The lowest BCUT2D eigenvalue weighted by atomic mass is 9.91. The van der Waals surface area contributed by atoms with Gasteiger partial charge >= 0.3 is 6.18 Å². The minimum Gasteiger partial charge on any atom is -0.508 e. The van der Waals surface area contributed by atoms with E-state index in [1.165, 1.54) is 12.1 Å². The van der Waals surface area contributed by atoms with Gasteiger partial charge < -0.3 is 15.4 Å². The van der Waals surface area contributed by atoms with E-state index >= 15 is 8.78 Å². The molecule has 1 atom stereocenters. The lowest BCUT2D eigenvalue weighted by Crippen LogP contribution is -2.54. The molecule has 5 rings (SSSR count). The average Bonchev–Trinajstić information content (AvgIpc) is 3.12. The summed E-state index contributed by atoms with van der Waals surface area (Å²) in [4.78, 5) is 6.09. The first-order valence-corrected chi connectivity index (χ1v) is 11.8. The van der Waals surface area contributed by atoms with E-state index in [2.05, 4.69) is 10.3 Å². The molecule has 0 amide bonds. The second-order valence-corrected chi connectivity index (χ2v) is 9.48. The second-order valence-electron chi connectivity index (χ2n) is 9.48. The van der Waals surface area contributed by atoms with Crippen LogP contribution < -0.4 is 5.32 Å². The summed E-state index contributed by atoms with van der Waals surface area (Å²) in [6.07, 6.45) is -3.91. The zero-order chi connectivity index (χ0) is 25.6. The number of anilines is 1. The molecule has 3 aromatic rings. The quantitative estimate of drug-likeness (QED) is 0.385. The van der Waals surface area contributed by atoms with E-state index in [1.54, 1.807) is 6.07 Å². The zero-order valence-electron chi connectivity index (χ0n) is 19.3. The predicted octanol–water partition coefficient (Wildman–Crippen LogP) is 5.12. The van der Waals surface area contributed by atoms with Crippen LogP contribution in [0.4, 0.5) is 32.0 Å². The number of fused-ring (bicyclic) bond motifs is 3. The van der Waals surface area contributed by atoms with E-state index in [-0.39, 0.29) is 36.1 Å². The van der Waals surface area contributed by atoms with Gasteiger partial charge in [0.15, 0.2) is 0 Å². The number of phenolic OH excluding ortho intramolecular Hbond substituents is 1. The van der Waals surface area contributed by atoms with Crippen molar-refractivity contribution in [1.29, 1.82) is 0 Å². The van der Waals surface area contributed by atoms with Crippen LogP contribution in [0.25, 0.3) is 10.9 Å². The number of halogens is 6. The number of nitrogens with zero attached hydrogens (tertiary/aromatic N) is 2. The smallest absolute Gasteiger partial charge is 0.401 e. The number of aromatic amines is 1. The van der Waals surface area contributed by atoms with Crippen molar-refractivity contribution in [3.63, 3.8) is 0 Å². The Bertz CT molecular complexity index is 1230. The van der Waals surface area contributed by atoms with Crippen LogP contribution in [-0.2, 0) is 6.42 Å². The highest BCUT2D eigenvalue weighted by Gasteiger charge is 2.41. The minimum atomic E-state index is -4.56. The van der Waals surface area contributed by atoms with Gasteiger partial charge in [0, 0.05) is 54.0 Å². The van der Waals surface area contributed by atoms with Gasteiger partial charge in [0.05, 0.1) is 25.3 Å². The Morgan fingerprint density at radius 3 is 2.47 bits per heavy atom. The molecule has 1 unspecified atom stereocenters. The van der Waals surface area contributed by atoms with Crippen LogP contribution in [0.5, 0.6) is 5.75 Å². The highest BCUT2D eigenvalue weighted by atomic mass is 19.4. The fourth-order valence-electron chi connectivity index (χ4n) is 5.35. The maximum atomic E-state index is 15.4. The topological polar surface area (TPSA) is 54.5 Å². The monoisotopic (exact) mass is 512 g/mol. The van der Waals surface area contributed by atoms with Gasteiger partial charge in [0.2, 0.25) is 0 Å².